The summed E-state index contributed by atoms with van der Waals surface area (Å²) in [5.74, 6) is 0.203. The molecule has 1 aromatic heterocycles. The molecule has 0 aliphatic carbocycles. The van der Waals surface area contributed by atoms with E-state index < -0.39 is 0 Å². The van der Waals surface area contributed by atoms with Gasteiger partial charge >= 0.3 is 0 Å². The van der Waals surface area contributed by atoms with E-state index in [0.29, 0.717) is 12.8 Å². The molecule has 0 amide bonds. The van der Waals surface area contributed by atoms with Crippen LogP contribution in [0.15, 0.2) is 0 Å². The number of hydrogen-bond acceptors (Lipinski definition) is 4. The molecule has 1 unspecified atom stereocenters. The first-order valence-corrected chi connectivity index (χ1v) is 6.54. The monoisotopic (exact) mass is 240 g/mol. The van der Waals surface area contributed by atoms with Crippen LogP contribution in [-0.2, 0) is 11.2 Å². The van der Waals surface area contributed by atoms with Crippen molar-refractivity contribution in [1.29, 1.82) is 0 Å². The zero-order valence-electron chi connectivity index (χ0n) is 10.2. The molecule has 3 nitrogen and oxygen atoms in total. The molecule has 0 radical (unpaired) electrons. The zero-order valence-corrected chi connectivity index (χ0v) is 11.1. The third-order valence-electron chi connectivity index (χ3n) is 2.57. The Bertz CT molecular complexity index is 340. The minimum Gasteiger partial charge on any atom is -0.327 e. The quantitative estimate of drug-likeness (QED) is 0.830. The number of carbonyl (C=O) groups is 1. The van der Waals surface area contributed by atoms with Gasteiger partial charge in [0, 0.05) is 17.3 Å². The third kappa shape index (κ3) is 4.02. The fourth-order valence-corrected chi connectivity index (χ4v) is 2.58. The summed E-state index contributed by atoms with van der Waals surface area (Å²) in [7, 11) is 0. The summed E-state index contributed by atoms with van der Waals surface area (Å²) in [5.41, 5.74) is 6.87. The van der Waals surface area contributed by atoms with Gasteiger partial charge in [-0.05, 0) is 20.3 Å². The van der Waals surface area contributed by atoms with Crippen LogP contribution in [0.2, 0.25) is 0 Å². The highest BCUT2D eigenvalue weighted by Gasteiger charge is 2.12. The molecule has 4 heteroatoms. The van der Waals surface area contributed by atoms with Crippen molar-refractivity contribution in [2.75, 3.05) is 0 Å². The molecule has 1 rings (SSSR count). The van der Waals surface area contributed by atoms with Crippen LogP contribution in [-0.4, -0.2) is 16.8 Å². The third-order valence-corrected chi connectivity index (χ3v) is 3.64. The highest BCUT2D eigenvalue weighted by atomic mass is 32.1. The molecule has 16 heavy (non-hydrogen) atoms. The first-order chi connectivity index (χ1) is 7.52. The van der Waals surface area contributed by atoms with Crippen LogP contribution in [0.25, 0.3) is 0 Å². The average molecular weight is 240 g/mol. The van der Waals surface area contributed by atoms with E-state index in [0.717, 1.165) is 23.5 Å². The molecule has 2 N–H and O–H groups in total. The van der Waals surface area contributed by atoms with E-state index >= 15 is 0 Å². The topological polar surface area (TPSA) is 56.0 Å². The van der Waals surface area contributed by atoms with Gasteiger partial charge in [-0.15, -0.1) is 11.3 Å². The van der Waals surface area contributed by atoms with Crippen LogP contribution in [0.4, 0.5) is 0 Å². The molecule has 0 saturated carbocycles. The van der Waals surface area contributed by atoms with Crippen molar-refractivity contribution in [2.24, 2.45) is 5.73 Å². The first kappa shape index (κ1) is 13.3. The molecule has 1 atom stereocenters. The molecular weight excluding hydrogens is 220 g/mol. The summed E-state index contributed by atoms with van der Waals surface area (Å²) in [5, 5.41) is 0.920. The second-order valence-corrected chi connectivity index (χ2v) is 5.51. The van der Waals surface area contributed by atoms with Crippen molar-refractivity contribution in [2.45, 2.75) is 52.5 Å². The lowest BCUT2D eigenvalue weighted by Crippen LogP contribution is -2.24. The van der Waals surface area contributed by atoms with Crippen molar-refractivity contribution in [3.05, 3.63) is 15.6 Å². The van der Waals surface area contributed by atoms with Crippen molar-refractivity contribution in [3.63, 3.8) is 0 Å². The molecule has 0 saturated heterocycles. The Morgan fingerprint density at radius 2 is 2.19 bits per heavy atom. The van der Waals surface area contributed by atoms with Gasteiger partial charge in [-0.25, -0.2) is 4.98 Å². The maximum Gasteiger partial charge on any atom is 0.141 e. The zero-order chi connectivity index (χ0) is 12.1. The minimum atomic E-state index is 0.0136. The Morgan fingerprint density at radius 3 is 2.69 bits per heavy atom. The lowest BCUT2D eigenvalue weighted by Gasteiger charge is -2.07. The van der Waals surface area contributed by atoms with E-state index in [2.05, 4.69) is 11.9 Å². The van der Waals surface area contributed by atoms with Crippen LogP contribution in [0.1, 0.15) is 41.8 Å². The second-order valence-electron chi connectivity index (χ2n) is 4.22. The number of nitrogens with zero attached hydrogens (tertiary/aromatic N) is 1. The molecule has 0 aromatic carbocycles. The van der Waals surface area contributed by atoms with E-state index in [1.54, 1.807) is 11.3 Å². The Balaban J connectivity index is 2.45. The molecule has 0 aliphatic rings. The van der Waals surface area contributed by atoms with Gasteiger partial charge in [-0.3, -0.25) is 4.79 Å². The van der Waals surface area contributed by atoms with Crippen LogP contribution in [0, 0.1) is 13.8 Å². The summed E-state index contributed by atoms with van der Waals surface area (Å²) in [4.78, 5) is 17.3. The van der Waals surface area contributed by atoms with E-state index in [-0.39, 0.29) is 11.8 Å². The van der Waals surface area contributed by atoms with Crippen LogP contribution in [0.5, 0.6) is 0 Å². The molecule has 0 bridgehead atoms. The van der Waals surface area contributed by atoms with Crippen molar-refractivity contribution in [3.8, 4) is 0 Å². The van der Waals surface area contributed by atoms with Gasteiger partial charge in [-0.2, -0.15) is 0 Å². The molecule has 1 heterocycles. The van der Waals surface area contributed by atoms with Gasteiger partial charge in [0.2, 0.25) is 0 Å². The van der Waals surface area contributed by atoms with E-state index in [1.807, 2.05) is 13.8 Å². The van der Waals surface area contributed by atoms with Crippen LogP contribution < -0.4 is 5.73 Å². The van der Waals surface area contributed by atoms with E-state index in [9.17, 15) is 4.79 Å². The fraction of sp³-hybridized carbons (Fsp3) is 0.667. The lowest BCUT2D eigenvalue weighted by molar-refractivity contribution is -0.118. The molecule has 0 spiro atoms. The summed E-state index contributed by atoms with van der Waals surface area (Å²) in [6, 6.07) is 0.0136. The number of aryl methyl sites for hydroxylation is 2. The summed E-state index contributed by atoms with van der Waals surface area (Å²) < 4.78 is 0. The van der Waals surface area contributed by atoms with Gasteiger partial charge in [0.25, 0.3) is 0 Å². The number of carbonyl (C=O) groups excluding carboxylic acids is 1. The van der Waals surface area contributed by atoms with Gasteiger partial charge < -0.3 is 5.73 Å². The summed E-state index contributed by atoms with van der Waals surface area (Å²) >= 11 is 1.61. The second kappa shape index (κ2) is 6.11. The normalized spacial score (nSPS) is 12.8. The Morgan fingerprint density at radius 1 is 1.50 bits per heavy atom. The Kier molecular flexibility index (Phi) is 5.09. The standard InChI is InChI=1S/C12H20N2OS/c1-4-5-10(13)6-11(15)7-12-14-8(2)9(3)16-12/h10H,4-7,13H2,1-3H3. The molecule has 90 valence electrons. The fourth-order valence-electron chi connectivity index (χ4n) is 1.62. The maximum absolute atomic E-state index is 11.7. The van der Waals surface area contributed by atoms with Gasteiger partial charge in [-0.1, -0.05) is 13.3 Å². The number of ketones is 1. The van der Waals surface area contributed by atoms with Gasteiger partial charge in [0.15, 0.2) is 0 Å². The van der Waals surface area contributed by atoms with Gasteiger partial charge in [0.1, 0.15) is 10.8 Å². The van der Waals surface area contributed by atoms with Crippen molar-refractivity contribution in [1.82, 2.24) is 4.98 Å². The van der Waals surface area contributed by atoms with E-state index in [4.69, 9.17) is 5.73 Å². The number of nitrogens with two attached hydrogens (primary N) is 1. The van der Waals surface area contributed by atoms with Crippen LogP contribution >= 0.6 is 11.3 Å². The molecule has 0 aliphatic heterocycles. The predicted molar refractivity (Wildman–Crippen MR) is 67.8 cm³/mol. The van der Waals surface area contributed by atoms with Crippen molar-refractivity contribution >= 4 is 17.1 Å². The Hall–Kier alpha value is -0.740. The molecule has 0 fully saturated rings. The Labute approximate surface area is 101 Å². The lowest BCUT2D eigenvalue weighted by atomic mass is 10.1. The molecule has 1 aromatic rings. The number of aromatic nitrogens is 1. The SMILES string of the molecule is CCCC(N)CC(=O)Cc1nc(C)c(C)s1. The summed E-state index contributed by atoms with van der Waals surface area (Å²) in [6.45, 7) is 6.09. The number of Topliss-reactive ketones (excluding diaryl/α,β-unsaturated/α-hetero) is 1. The van der Waals surface area contributed by atoms with Crippen LogP contribution in [0.3, 0.4) is 0 Å². The minimum absolute atomic E-state index is 0.0136. The van der Waals surface area contributed by atoms with Gasteiger partial charge in [0.05, 0.1) is 12.1 Å². The van der Waals surface area contributed by atoms with Crippen molar-refractivity contribution < 1.29 is 4.79 Å². The number of hydrogen-bond donors (Lipinski definition) is 1. The predicted octanol–water partition coefficient (Wildman–Crippen LogP) is 2.39. The largest absolute Gasteiger partial charge is 0.327 e. The first-order valence-electron chi connectivity index (χ1n) is 5.73. The molecular formula is C12H20N2OS. The summed E-state index contributed by atoms with van der Waals surface area (Å²) in [6.07, 6.45) is 2.87. The van der Waals surface area contributed by atoms with E-state index in [1.165, 1.54) is 4.88 Å². The highest BCUT2D eigenvalue weighted by Crippen LogP contribution is 2.17. The highest BCUT2D eigenvalue weighted by molar-refractivity contribution is 7.11. The number of rotatable bonds is 6. The number of thiazole rings is 1. The smallest absolute Gasteiger partial charge is 0.141 e. The average Bonchev–Trinajstić information content (AvgIpc) is 2.45. The maximum atomic E-state index is 11.7.